The number of benzene rings is 1. The number of thioether (sulfide) groups is 1. The summed E-state index contributed by atoms with van der Waals surface area (Å²) in [4.78, 5) is 12.4. The highest BCUT2D eigenvalue weighted by atomic mass is 35.5. The Morgan fingerprint density at radius 1 is 1.50 bits per heavy atom. The molecule has 1 aromatic carbocycles. The number of ether oxygens (including phenoxy) is 1. The maximum atomic E-state index is 11.4. The first-order chi connectivity index (χ1) is 6.74. The van der Waals surface area contributed by atoms with E-state index in [0.717, 1.165) is 10.5 Å². The predicted octanol–water partition coefficient (Wildman–Crippen LogP) is 2.61. The van der Waals surface area contributed by atoms with E-state index in [2.05, 4.69) is 0 Å². The van der Waals surface area contributed by atoms with Gasteiger partial charge in [-0.1, -0.05) is 18.2 Å². The van der Waals surface area contributed by atoms with E-state index in [0.29, 0.717) is 0 Å². The first kappa shape index (κ1) is 9.87. The summed E-state index contributed by atoms with van der Waals surface area (Å²) in [6.45, 7) is 0. The number of fused-ring (bicyclic) bond motifs is 1. The summed E-state index contributed by atoms with van der Waals surface area (Å²) in [6, 6.07) is 7.78. The molecule has 1 aliphatic heterocycles. The molecule has 0 aromatic heterocycles. The smallest absolute Gasteiger partial charge is 0.321 e. The fourth-order valence-corrected chi connectivity index (χ4v) is 3.19. The molecule has 2 nitrogen and oxygen atoms in total. The normalized spacial score (nSPS) is 24.4. The third kappa shape index (κ3) is 1.51. The quantitative estimate of drug-likeness (QED) is 0.546. The first-order valence-electron chi connectivity index (χ1n) is 4.21. The van der Waals surface area contributed by atoms with E-state index >= 15 is 0 Å². The molecule has 0 spiro atoms. The van der Waals surface area contributed by atoms with Crippen molar-refractivity contribution in [1.29, 1.82) is 0 Å². The fraction of sp³-hybridized carbons (Fsp3) is 0.300. The lowest BCUT2D eigenvalue weighted by molar-refractivity contribution is -0.139. The molecule has 14 heavy (non-hydrogen) atoms. The van der Waals surface area contributed by atoms with Gasteiger partial charge in [0, 0.05) is 4.90 Å². The highest BCUT2D eigenvalue weighted by Gasteiger charge is 2.37. The second kappa shape index (κ2) is 3.83. The molecule has 1 aromatic rings. The van der Waals surface area contributed by atoms with Gasteiger partial charge in [0.15, 0.2) is 0 Å². The van der Waals surface area contributed by atoms with Crippen LogP contribution in [0.1, 0.15) is 10.9 Å². The molecular formula is C10H9ClO2S. The third-order valence-corrected chi connectivity index (χ3v) is 4.15. The van der Waals surface area contributed by atoms with E-state index in [4.69, 9.17) is 16.3 Å². The Labute approximate surface area is 91.6 Å². The van der Waals surface area contributed by atoms with Crippen LogP contribution in [-0.4, -0.2) is 18.3 Å². The Bertz CT molecular complexity index is 367. The maximum Gasteiger partial charge on any atom is 0.321 e. The summed E-state index contributed by atoms with van der Waals surface area (Å²) in [5.41, 5.74) is 1.02. The molecule has 1 heterocycles. The molecule has 0 saturated carbocycles. The van der Waals surface area contributed by atoms with Crippen molar-refractivity contribution in [3.05, 3.63) is 29.8 Å². The highest BCUT2D eigenvalue weighted by Crippen LogP contribution is 2.47. The topological polar surface area (TPSA) is 26.3 Å². The SMILES string of the molecule is COC(=O)C1Sc2ccccc2C1Cl. The van der Waals surface area contributed by atoms with Gasteiger partial charge in [-0.15, -0.1) is 23.4 Å². The lowest BCUT2D eigenvalue weighted by Gasteiger charge is -2.09. The van der Waals surface area contributed by atoms with Crippen LogP contribution in [0.5, 0.6) is 0 Å². The zero-order valence-corrected chi connectivity index (χ0v) is 9.14. The van der Waals surface area contributed by atoms with Gasteiger partial charge in [0.25, 0.3) is 0 Å². The van der Waals surface area contributed by atoms with Gasteiger partial charge < -0.3 is 4.74 Å². The van der Waals surface area contributed by atoms with Gasteiger partial charge >= 0.3 is 5.97 Å². The van der Waals surface area contributed by atoms with Crippen LogP contribution in [0.3, 0.4) is 0 Å². The first-order valence-corrected chi connectivity index (χ1v) is 5.53. The van der Waals surface area contributed by atoms with Crippen molar-refractivity contribution < 1.29 is 9.53 Å². The Morgan fingerprint density at radius 2 is 2.21 bits per heavy atom. The summed E-state index contributed by atoms with van der Waals surface area (Å²) in [5.74, 6) is -0.258. The van der Waals surface area contributed by atoms with Gasteiger partial charge in [0.1, 0.15) is 5.25 Å². The Balaban J connectivity index is 2.30. The zero-order chi connectivity index (χ0) is 10.1. The molecule has 2 atom stereocenters. The molecule has 0 fully saturated rings. The molecule has 0 bridgehead atoms. The van der Waals surface area contributed by atoms with Crippen LogP contribution in [0.15, 0.2) is 29.2 Å². The number of hydrogen-bond acceptors (Lipinski definition) is 3. The molecule has 2 unspecified atom stereocenters. The second-order valence-electron chi connectivity index (χ2n) is 3.00. The third-order valence-electron chi connectivity index (χ3n) is 2.17. The van der Waals surface area contributed by atoms with Crippen molar-refractivity contribution in [2.75, 3.05) is 7.11 Å². The minimum absolute atomic E-state index is 0.258. The highest BCUT2D eigenvalue weighted by molar-refractivity contribution is 8.01. The van der Waals surface area contributed by atoms with E-state index in [9.17, 15) is 4.79 Å². The molecule has 1 aliphatic rings. The van der Waals surface area contributed by atoms with Crippen LogP contribution in [0.2, 0.25) is 0 Å². The number of esters is 1. The largest absolute Gasteiger partial charge is 0.468 e. The monoisotopic (exact) mass is 228 g/mol. The van der Waals surface area contributed by atoms with Crippen LogP contribution < -0.4 is 0 Å². The van der Waals surface area contributed by atoms with Gasteiger partial charge in [-0.25, -0.2) is 0 Å². The lowest BCUT2D eigenvalue weighted by atomic mass is 10.1. The van der Waals surface area contributed by atoms with Crippen LogP contribution in [0, 0.1) is 0 Å². The number of methoxy groups -OCH3 is 1. The van der Waals surface area contributed by atoms with Crippen molar-refractivity contribution in [2.45, 2.75) is 15.5 Å². The predicted molar refractivity (Wildman–Crippen MR) is 56.7 cm³/mol. The average Bonchev–Trinajstić information content (AvgIpc) is 2.56. The summed E-state index contributed by atoms with van der Waals surface area (Å²) >= 11 is 7.63. The minimum Gasteiger partial charge on any atom is -0.468 e. The number of halogens is 1. The summed E-state index contributed by atoms with van der Waals surface area (Å²) in [6.07, 6.45) is 0. The Kier molecular flexibility index (Phi) is 2.70. The van der Waals surface area contributed by atoms with Gasteiger partial charge in [-0.05, 0) is 11.6 Å². The fourth-order valence-electron chi connectivity index (χ4n) is 1.46. The van der Waals surface area contributed by atoms with Gasteiger partial charge in [0.05, 0.1) is 12.5 Å². The molecule has 0 saturated heterocycles. The van der Waals surface area contributed by atoms with Gasteiger partial charge in [0.2, 0.25) is 0 Å². The zero-order valence-electron chi connectivity index (χ0n) is 7.57. The molecule has 0 aliphatic carbocycles. The van der Waals surface area contributed by atoms with E-state index in [1.165, 1.54) is 18.9 Å². The molecule has 0 N–H and O–H groups in total. The lowest BCUT2D eigenvalue weighted by Crippen LogP contribution is -2.19. The van der Waals surface area contributed by atoms with Gasteiger partial charge in [-0.3, -0.25) is 4.79 Å². The van der Waals surface area contributed by atoms with Gasteiger partial charge in [-0.2, -0.15) is 0 Å². The van der Waals surface area contributed by atoms with E-state index in [1.54, 1.807) is 0 Å². The van der Waals surface area contributed by atoms with Crippen LogP contribution >= 0.6 is 23.4 Å². The van der Waals surface area contributed by atoms with Crippen molar-refractivity contribution in [3.63, 3.8) is 0 Å². The summed E-state index contributed by atoms with van der Waals surface area (Å²) < 4.78 is 4.69. The second-order valence-corrected chi connectivity index (χ2v) is 4.65. The summed E-state index contributed by atoms with van der Waals surface area (Å²) in [5, 5.41) is -0.581. The van der Waals surface area contributed by atoms with E-state index < -0.39 is 0 Å². The average molecular weight is 229 g/mol. The molecule has 4 heteroatoms. The summed E-state index contributed by atoms with van der Waals surface area (Å²) in [7, 11) is 1.38. The standard InChI is InChI=1S/C10H9ClO2S/c1-13-10(12)9-8(11)6-4-2-3-5-7(6)14-9/h2-5,8-9H,1H3. The van der Waals surface area contributed by atoms with Crippen LogP contribution in [-0.2, 0) is 9.53 Å². The molecule has 2 rings (SSSR count). The number of alkyl halides is 1. The molecular weight excluding hydrogens is 220 g/mol. The van der Waals surface area contributed by atoms with Crippen molar-refractivity contribution in [3.8, 4) is 0 Å². The maximum absolute atomic E-state index is 11.4. The number of rotatable bonds is 1. The van der Waals surface area contributed by atoms with Crippen molar-refractivity contribution in [1.82, 2.24) is 0 Å². The minimum atomic E-state index is -0.306. The van der Waals surface area contributed by atoms with Crippen molar-refractivity contribution >= 4 is 29.3 Å². The number of carbonyl (C=O) groups is 1. The van der Waals surface area contributed by atoms with Crippen LogP contribution in [0.4, 0.5) is 0 Å². The molecule has 0 amide bonds. The van der Waals surface area contributed by atoms with E-state index in [-0.39, 0.29) is 16.6 Å². The molecule has 0 radical (unpaired) electrons. The van der Waals surface area contributed by atoms with Crippen molar-refractivity contribution in [2.24, 2.45) is 0 Å². The Hall–Kier alpha value is -0.670. The molecule has 74 valence electrons. The van der Waals surface area contributed by atoms with E-state index in [1.807, 2.05) is 24.3 Å². The Morgan fingerprint density at radius 3 is 2.86 bits per heavy atom. The number of carbonyl (C=O) groups excluding carboxylic acids is 1. The van der Waals surface area contributed by atoms with Crippen LogP contribution in [0.25, 0.3) is 0 Å². The number of hydrogen-bond donors (Lipinski definition) is 0.